The zero-order valence-electron chi connectivity index (χ0n) is 52.1. The van der Waals surface area contributed by atoms with Gasteiger partial charge in [0.1, 0.15) is 68.6 Å². The molecule has 6 heterocycles. The minimum atomic E-state index is -4.92. The molecule has 0 unspecified atom stereocenters. The van der Waals surface area contributed by atoms with Crippen LogP contribution in [0.25, 0.3) is 33.8 Å². The number of halogens is 9. The number of ether oxygens (including phenoxy) is 1. The maximum Gasteiger partial charge on any atom is 0.419 e. The minimum absolute atomic E-state index is 0.0341. The first-order valence-electron chi connectivity index (χ1n) is 30.2. The third-order valence-corrected chi connectivity index (χ3v) is 18.8. The number of rotatable bonds is 13. The van der Waals surface area contributed by atoms with Crippen LogP contribution in [-0.4, -0.2) is 125 Å². The molecule has 0 radical (unpaired) electrons. The number of amides is 6. The summed E-state index contributed by atoms with van der Waals surface area (Å²) in [6, 6.07) is 9.57. The number of anilines is 3. The SMILES string of the molecule is C=CC(=O)N1CC2(CC(n3nc(-c4ccc(F)c(C(F)(F)F)c4)c(C(N)=O)c3N)C2)C1.CC#CC(=O)N1CC2(CC(n3nc(-c4ccc(F)c(C(F)(F)F)c4)c(C(N)=O)c3N)C2)C1.CC#CC(=O)N1CCC2(CC(n3nc(-c4ccc(OCCC)c(Cl)c4)c(C(N)=O)c3N)C2)C1. The zero-order chi connectivity index (χ0) is 69.9. The highest BCUT2D eigenvalue weighted by molar-refractivity contribution is 6.32. The Morgan fingerprint density at radius 3 is 1.32 bits per heavy atom. The fraction of sp³-hybridized carbons (Fsp3) is 0.400. The van der Waals surface area contributed by atoms with E-state index in [1.54, 1.807) is 46.5 Å². The minimum Gasteiger partial charge on any atom is -0.492 e. The maximum absolute atomic E-state index is 13.7. The molecule has 3 aliphatic heterocycles. The number of nitrogen functional groups attached to an aromatic ring is 3. The van der Waals surface area contributed by atoms with Crippen LogP contribution in [0.5, 0.6) is 5.75 Å². The molecule has 506 valence electrons. The van der Waals surface area contributed by atoms with Crippen LogP contribution >= 0.6 is 11.6 Å². The van der Waals surface area contributed by atoms with Crippen LogP contribution in [-0.2, 0) is 26.7 Å². The molecule has 3 spiro atoms. The van der Waals surface area contributed by atoms with Crippen LogP contribution < -0.4 is 39.1 Å². The van der Waals surface area contributed by atoms with Crippen molar-refractivity contribution in [1.29, 1.82) is 0 Å². The van der Waals surface area contributed by atoms with Crippen LogP contribution in [0.1, 0.15) is 132 Å². The van der Waals surface area contributed by atoms with Crippen LogP contribution in [0.3, 0.4) is 0 Å². The molecule has 22 nitrogen and oxygen atoms in total. The quantitative estimate of drug-likeness (QED) is 0.0359. The fourth-order valence-electron chi connectivity index (χ4n) is 13.9. The normalized spacial score (nSPS) is 17.4. The Bertz CT molecular complexity index is 4290. The lowest BCUT2D eigenvalue weighted by molar-refractivity contribution is -0.149. The number of hydrogen-bond acceptors (Lipinski definition) is 13. The van der Waals surface area contributed by atoms with Gasteiger partial charge in [-0.05, 0) is 143 Å². The number of primary amides is 3. The van der Waals surface area contributed by atoms with E-state index in [0.29, 0.717) is 118 Å². The summed E-state index contributed by atoms with van der Waals surface area (Å²) in [6.07, 6.45) is -2.64. The lowest BCUT2D eigenvalue weighted by Gasteiger charge is -2.58. The van der Waals surface area contributed by atoms with Gasteiger partial charge in [-0.3, -0.25) is 28.8 Å². The molecule has 3 aliphatic carbocycles. The summed E-state index contributed by atoms with van der Waals surface area (Å²) in [5, 5.41) is 13.7. The van der Waals surface area contributed by atoms with E-state index in [-0.39, 0.29) is 109 Å². The Balaban J connectivity index is 0.000000157. The first kappa shape index (κ1) is 68.8. The largest absolute Gasteiger partial charge is 0.492 e. The number of benzene rings is 3. The van der Waals surface area contributed by atoms with Crippen molar-refractivity contribution in [2.45, 2.75) is 103 Å². The summed E-state index contributed by atoms with van der Waals surface area (Å²) in [5.41, 5.74) is 32.3. The molecule has 3 saturated carbocycles. The molecule has 6 fully saturated rings. The zero-order valence-corrected chi connectivity index (χ0v) is 52.8. The molecule has 0 atom stereocenters. The molecule has 6 aromatic rings. The lowest BCUT2D eigenvalue weighted by atomic mass is 9.60. The second-order valence-electron chi connectivity index (χ2n) is 25.1. The number of hydrogen-bond donors (Lipinski definition) is 6. The number of nitrogens with two attached hydrogens (primary N) is 6. The van der Waals surface area contributed by atoms with Gasteiger partial charge in [0.05, 0.1) is 40.9 Å². The van der Waals surface area contributed by atoms with Crippen molar-refractivity contribution in [3.63, 3.8) is 0 Å². The van der Waals surface area contributed by atoms with E-state index in [2.05, 4.69) is 45.6 Å². The number of aromatic nitrogens is 6. The molecular formula is C65H66ClF8N15O7. The van der Waals surface area contributed by atoms with Crippen LogP contribution in [0.15, 0.2) is 67.3 Å². The topological polar surface area (TPSA) is 331 Å². The van der Waals surface area contributed by atoms with E-state index in [4.69, 9.17) is 50.7 Å². The van der Waals surface area contributed by atoms with Crippen molar-refractivity contribution in [2.24, 2.45) is 33.4 Å². The number of likely N-dealkylation sites (tertiary alicyclic amines) is 3. The smallest absolute Gasteiger partial charge is 0.419 e. The highest BCUT2D eigenvalue weighted by Crippen LogP contribution is 2.58. The first-order chi connectivity index (χ1) is 45.2. The van der Waals surface area contributed by atoms with Crippen molar-refractivity contribution in [1.82, 2.24) is 44.0 Å². The summed E-state index contributed by atoms with van der Waals surface area (Å²) in [4.78, 5) is 76.9. The molecule has 6 amide bonds. The standard InChI is InChI=1S/C24H28ClN5O3.C21H19F4N5O2.C20H19F4N5O2/c1-3-5-19(31)29-9-8-24(14-29)12-16(13-24)30-22(26)20(23(27)32)21(28-30)15-6-7-18(17(25)11-15)33-10-4-2;1-2-3-15(31)29-9-20(10-29)7-12(8-20)30-18(26)16(19(27)32)17(28-30)11-4-5-14(22)13(6-11)21(23,24)25;1-2-14(30)28-8-19(9-28)6-11(7-19)29-17(25)15(18(26)31)16(27-29)10-3-4-13(21)12(5-10)20(22,23)24/h6-7,11,16H,4,8-10,12-14,26H2,1-2H3,(H2,27,32);4-6,12H,7-10,26H2,1H3,(H2,27,32);2-5,11H,1,6-9,25H2,(H2,26,31). The van der Waals surface area contributed by atoms with Gasteiger partial charge in [0.25, 0.3) is 29.5 Å². The highest BCUT2D eigenvalue weighted by Gasteiger charge is 2.57. The predicted molar refractivity (Wildman–Crippen MR) is 336 cm³/mol. The first-order valence-corrected chi connectivity index (χ1v) is 30.6. The summed E-state index contributed by atoms with van der Waals surface area (Å²) >= 11 is 6.39. The second kappa shape index (κ2) is 25.9. The third kappa shape index (κ3) is 13.1. The maximum atomic E-state index is 13.7. The molecule has 96 heavy (non-hydrogen) atoms. The molecular weight excluding hydrogens is 1290 g/mol. The van der Waals surface area contributed by atoms with E-state index >= 15 is 0 Å². The van der Waals surface area contributed by atoms with Crippen molar-refractivity contribution >= 4 is 64.5 Å². The van der Waals surface area contributed by atoms with E-state index in [9.17, 15) is 63.9 Å². The van der Waals surface area contributed by atoms with Crippen LogP contribution in [0, 0.1) is 51.6 Å². The van der Waals surface area contributed by atoms with E-state index in [1.807, 2.05) is 11.8 Å². The Hall–Kier alpha value is -10.1. The molecule has 3 aromatic carbocycles. The van der Waals surface area contributed by atoms with Gasteiger partial charge in [-0.15, -0.1) is 0 Å². The van der Waals surface area contributed by atoms with Gasteiger partial charge in [0.15, 0.2) is 0 Å². The molecule has 3 aromatic heterocycles. The van der Waals surface area contributed by atoms with E-state index < -0.39 is 52.8 Å². The van der Waals surface area contributed by atoms with Crippen molar-refractivity contribution in [3.05, 3.63) is 112 Å². The van der Waals surface area contributed by atoms with E-state index in [1.165, 1.54) is 15.4 Å². The lowest BCUT2D eigenvalue weighted by Crippen LogP contribution is -2.63. The van der Waals surface area contributed by atoms with Gasteiger partial charge in [0.2, 0.25) is 5.91 Å². The average Bonchev–Trinajstić information content (AvgIpc) is 1.17. The number of nitrogens with zero attached hydrogens (tertiary/aromatic N) is 9. The fourth-order valence-corrected chi connectivity index (χ4v) is 14.1. The summed E-state index contributed by atoms with van der Waals surface area (Å²) in [5.74, 6) is 5.12. The second-order valence-corrected chi connectivity index (χ2v) is 25.5. The molecule has 6 aliphatic rings. The molecule has 0 bridgehead atoms. The van der Waals surface area contributed by atoms with Crippen molar-refractivity contribution in [3.8, 4) is 63.2 Å². The molecule has 31 heteroatoms. The van der Waals surface area contributed by atoms with Gasteiger partial charge in [-0.2, -0.15) is 41.6 Å². The Morgan fingerprint density at radius 2 is 0.958 bits per heavy atom. The molecule has 12 N–H and O–H groups in total. The van der Waals surface area contributed by atoms with E-state index in [0.717, 1.165) is 37.8 Å². The van der Waals surface area contributed by atoms with Gasteiger partial charge in [0, 0.05) is 66.8 Å². The van der Waals surface area contributed by atoms with Gasteiger partial charge in [-0.25, -0.2) is 22.8 Å². The van der Waals surface area contributed by atoms with Crippen LogP contribution in [0.2, 0.25) is 5.02 Å². The Labute approximate surface area is 549 Å². The summed E-state index contributed by atoms with van der Waals surface area (Å²) in [7, 11) is 0. The predicted octanol–water partition coefficient (Wildman–Crippen LogP) is 8.56. The monoisotopic (exact) mass is 1360 g/mol. The Kier molecular flexibility index (Phi) is 18.5. The average molecular weight is 1360 g/mol. The third-order valence-electron chi connectivity index (χ3n) is 18.5. The van der Waals surface area contributed by atoms with Gasteiger partial charge in [-0.1, -0.05) is 36.9 Å². The van der Waals surface area contributed by atoms with Gasteiger partial charge < -0.3 is 53.8 Å². The Morgan fingerprint density at radius 1 is 0.594 bits per heavy atom. The van der Waals surface area contributed by atoms with Gasteiger partial charge >= 0.3 is 12.4 Å². The number of carbonyl (C=O) groups is 6. The summed E-state index contributed by atoms with van der Waals surface area (Å²) in [6.45, 7) is 12.9. The van der Waals surface area contributed by atoms with Crippen molar-refractivity contribution in [2.75, 3.05) is 63.1 Å². The molecule has 3 saturated heterocycles. The number of alkyl halides is 6. The number of carbonyl (C=O) groups excluding carboxylic acids is 6. The molecule has 12 rings (SSSR count). The van der Waals surface area contributed by atoms with Crippen molar-refractivity contribution < 1.29 is 68.6 Å². The highest BCUT2D eigenvalue weighted by atomic mass is 35.5. The van der Waals surface area contributed by atoms with Crippen LogP contribution in [0.4, 0.5) is 52.6 Å². The summed E-state index contributed by atoms with van der Waals surface area (Å²) < 4.78 is 116.